The van der Waals surface area contributed by atoms with E-state index in [2.05, 4.69) is 10.3 Å². The highest BCUT2D eigenvalue weighted by atomic mass is 16.2. The number of carbonyl (C=O) groups excluding carboxylic acids is 3. The first kappa shape index (κ1) is 20.9. The van der Waals surface area contributed by atoms with E-state index in [1.807, 2.05) is 13.8 Å². The molecular weight excluding hydrogens is 344 g/mol. The van der Waals surface area contributed by atoms with Crippen molar-refractivity contribution in [3.8, 4) is 0 Å². The molecule has 2 heterocycles. The first-order chi connectivity index (χ1) is 13.0. The van der Waals surface area contributed by atoms with Crippen LogP contribution in [0.15, 0.2) is 24.5 Å². The van der Waals surface area contributed by atoms with Crippen LogP contribution in [0.2, 0.25) is 0 Å². The third kappa shape index (κ3) is 5.77. The highest BCUT2D eigenvalue weighted by molar-refractivity contribution is 5.94. The first-order valence-corrected chi connectivity index (χ1v) is 9.69. The summed E-state index contributed by atoms with van der Waals surface area (Å²) in [6, 6.07) is 3.29. The Morgan fingerprint density at radius 3 is 2.67 bits per heavy atom. The van der Waals surface area contributed by atoms with Crippen LogP contribution in [-0.2, 0) is 9.59 Å². The van der Waals surface area contributed by atoms with Gasteiger partial charge in [0.25, 0.3) is 5.91 Å². The van der Waals surface area contributed by atoms with Gasteiger partial charge in [0.05, 0.1) is 5.56 Å². The third-order valence-corrected chi connectivity index (χ3v) is 5.13. The predicted octanol–water partition coefficient (Wildman–Crippen LogP) is 1.70. The summed E-state index contributed by atoms with van der Waals surface area (Å²) in [6.45, 7) is 5.65. The van der Waals surface area contributed by atoms with Crippen molar-refractivity contribution in [2.24, 2.45) is 5.92 Å². The number of nitrogens with zero attached hydrogens (tertiary/aromatic N) is 3. The van der Waals surface area contributed by atoms with Crippen molar-refractivity contribution < 1.29 is 14.4 Å². The Labute approximate surface area is 161 Å². The SMILES string of the molecule is CCN(CC)C(=O)C1CCCC(NC(=O)c2cccnc2)CN(C)C(=O)C1. The summed E-state index contributed by atoms with van der Waals surface area (Å²) in [4.78, 5) is 45.1. The number of nitrogens with one attached hydrogen (secondary N) is 1. The van der Waals surface area contributed by atoms with Gasteiger partial charge >= 0.3 is 0 Å². The van der Waals surface area contributed by atoms with Gasteiger partial charge in [0.15, 0.2) is 0 Å². The molecule has 0 saturated carbocycles. The normalized spacial score (nSPS) is 21.0. The molecule has 0 radical (unpaired) electrons. The molecular formula is C20H30N4O3. The van der Waals surface area contributed by atoms with Gasteiger partial charge in [-0.3, -0.25) is 19.4 Å². The van der Waals surface area contributed by atoms with Crippen LogP contribution in [0.1, 0.15) is 49.9 Å². The monoisotopic (exact) mass is 374 g/mol. The maximum absolute atomic E-state index is 12.7. The van der Waals surface area contributed by atoms with Crippen LogP contribution in [-0.4, -0.2) is 65.2 Å². The average Bonchev–Trinajstić information content (AvgIpc) is 2.74. The van der Waals surface area contributed by atoms with Gasteiger partial charge in [-0.25, -0.2) is 0 Å². The van der Waals surface area contributed by atoms with E-state index in [-0.39, 0.29) is 36.1 Å². The molecule has 27 heavy (non-hydrogen) atoms. The van der Waals surface area contributed by atoms with Crippen LogP contribution in [0.3, 0.4) is 0 Å². The minimum absolute atomic E-state index is 0.0527. The van der Waals surface area contributed by atoms with Gasteiger partial charge in [0.2, 0.25) is 11.8 Å². The van der Waals surface area contributed by atoms with E-state index in [4.69, 9.17) is 0 Å². The van der Waals surface area contributed by atoms with E-state index in [1.54, 1.807) is 35.2 Å². The Balaban J connectivity index is 2.04. The molecule has 1 aliphatic rings. The summed E-state index contributed by atoms with van der Waals surface area (Å²) < 4.78 is 0. The number of hydrogen-bond acceptors (Lipinski definition) is 4. The summed E-state index contributed by atoms with van der Waals surface area (Å²) in [6.07, 6.45) is 5.56. The smallest absolute Gasteiger partial charge is 0.253 e. The zero-order chi connectivity index (χ0) is 19.8. The highest BCUT2D eigenvalue weighted by Crippen LogP contribution is 2.21. The molecule has 1 aromatic rings. The largest absolute Gasteiger partial charge is 0.347 e. The van der Waals surface area contributed by atoms with Gasteiger partial charge < -0.3 is 15.1 Å². The Bertz CT molecular complexity index is 646. The molecule has 2 unspecified atom stereocenters. The Morgan fingerprint density at radius 1 is 1.30 bits per heavy atom. The van der Waals surface area contributed by atoms with Crippen molar-refractivity contribution in [1.29, 1.82) is 0 Å². The topological polar surface area (TPSA) is 82.6 Å². The summed E-state index contributed by atoms with van der Waals surface area (Å²) in [7, 11) is 1.73. The van der Waals surface area contributed by atoms with E-state index in [1.165, 1.54) is 6.20 Å². The zero-order valence-corrected chi connectivity index (χ0v) is 16.5. The molecule has 2 rings (SSSR count). The molecule has 0 aromatic carbocycles. The fourth-order valence-corrected chi connectivity index (χ4v) is 3.49. The number of aromatic nitrogens is 1. The second-order valence-electron chi connectivity index (χ2n) is 7.03. The van der Waals surface area contributed by atoms with Crippen LogP contribution in [0.25, 0.3) is 0 Å². The van der Waals surface area contributed by atoms with Gasteiger partial charge in [-0.1, -0.05) is 6.42 Å². The lowest BCUT2D eigenvalue weighted by Crippen LogP contribution is -2.44. The average molecular weight is 374 g/mol. The second-order valence-corrected chi connectivity index (χ2v) is 7.03. The van der Waals surface area contributed by atoms with Crippen LogP contribution in [0.4, 0.5) is 0 Å². The van der Waals surface area contributed by atoms with Crippen molar-refractivity contribution in [2.45, 2.75) is 45.6 Å². The number of amides is 3. The molecule has 1 aliphatic heterocycles. The maximum atomic E-state index is 12.7. The Morgan fingerprint density at radius 2 is 2.04 bits per heavy atom. The van der Waals surface area contributed by atoms with Crippen molar-refractivity contribution >= 4 is 17.7 Å². The molecule has 7 nitrogen and oxygen atoms in total. The molecule has 7 heteroatoms. The minimum Gasteiger partial charge on any atom is -0.347 e. The van der Waals surface area contributed by atoms with Crippen LogP contribution < -0.4 is 5.32 Å². The molecule has 0 spiro atoms. The summed E-state index contributed by atoms with van der Waals surface area (Å²) in [5, 5.41) is 3.00. The lowest BCUT2D eigenvalue weighted by Gasteiger charge is -2.26. The Kier molecular flexibility index (Phi) is 7.76. The number of rotatable bonds is 5. The molecule has 2 atom stereocenters. The molecule has 148 valence electrons. The van der Waals surface area contributed by atoms with E-state index < -0.39 is 0 Å². The third-order valence-electron chi connectivity index (χ3n) is 5.13. The molecule has 1 N–H and O–H groups in total. The van der Waals surface area contributed by atoms with E-state index in [0.717, 1.165) is 12.8 Å². The van der Waals surface area contributed by atoms with Crippen LogP contribution in [0.5, 0.6) is 0 Å². The number of hydrogen-bond donors (Lipinski definition) is 1. The quantitative estimate of drug-likeness (QED) is 0.850. The summed E-state index contributed by atoms with van der Waals surface area (Å²) in [5.74, 6) is -0.473. The van der Waals surface area contributed by atoms with Crippen LogP contribution in [0, 0.1) is 5.92 Å². The van der Waals surface area contributed by atoms with Crippen LogP contribution >= 0.6 is 0 Å². The molecule has 1 saturated heterocycles. The van der Waals surface area contributed by atoms with Gasteiger partial charge in [-0.05, 0) is 38.8 Å². The van der Waals surface area contributed by atoms with E-state index in [9.17, 15) is 14.4 Å². The molecule has 0 aliphatic carbocycles. The van der Waals surface area contributed by atoms with Crippen molar-refractivity contribution in [1.82, 2.24) is 20.1 Å². The summed E-state index contributed by atoms with van der Waals surface area (Å²) >= 11 is 0. The van der Waals surface area contributed by atoms with E-state index >= 15 is 0 Å². The molecule has 3 amide bonds. The second kappa shape index (κ2) is 10.0. The minimum atomic E-state index is -0.285. The van der Waals surface area contributed by atoms with Crippen molar-refractivity contribution in [3.63, 3.8) is 0 Å². The predicted molar refractivity (Wildman–Crippen MR) is 103 cm³/mol. The first-order valence-electron chi connectivity index (χ1n) is 9.69. The lowest BCUT2D eigenvalue weighted by atomic mass is 9.95. The molecule has 0 bridgehead atoms. The molecule has 1 aromatic heterocycles. The van der Waals surface area contributed by atoms with Gasteiger partial charge in [0, 0.05) is 57.5 Å². The number of carbonyl (C=O) groups is 3. The zero-order valence-electron chi connectivity index (χ0n) is 16.5. The molecule has 1 fully saturated rings. The van der Waals surface area contributed by atoms with E-state index in [0.29, 0.717) is 31.6 Å². The van der Waals surface area contributed by atoms with Crippen molar-refractivity contribution in [2.75, 3.05) is 26.7 Å². The fourth-order valence-electron chi connectivity index (χ4n) is 3.49. The Hall–Kier alpha value is -2.44. The maximum Gasteiger partial charge on any atom is 0.253 e. The van der Waals surface area contributed by atoms with Gasteiger partial charge in [-0.15, -0.1) is 0 Å². The van der Waals surface area contributed by atoms with Gasteiger partial charge in [0.1, 0.15) is 0 Å². The summed E-state index contributed by atoms with van der Waals surface area (Å²) in [5.41, 5.74) is 0.501. The number of pyridine rings is 1. The standard InChI is InChI=1S/C20H30N4O3/c1-4-24(5-2)20(27)15-8-6-10-17(14-23(3)18(25)12-15)22-19(26)16-9-7-11-21-13-16/h7,9,11,13,15,17H,4-6,8,10,12,14H2,1-3H3,(H,22,26). The fraction of sp³-hybridized carbons (Fsp3) is 0.600. The highest BCUT2D eigenvalue weighted by Gasteiger charge is 2.29. The lowest BCUT2D eigenvalue weighted by molar-refractivity contribution is -0.140. The van der Waals surface area contributed by atoms with Gasteiger partial charge in [-0.2, -0.15) is 0 Å². The van der Waals surface area contributed by atoms with Crippen molar-refractivity contribution in [3.05, 3.63) is 30.1 Å². The number of likely N-dealkylation sites (N-methyl/N-ethyl adjacent to an activating group) is 1.